The molecule has 3 aromatic rings. The fourth-order valence-electron chi connectivity index (χ4n) is 5.86. The molecule has 8 N–H and O–H groups in total. The molecule has 0 unspecified atom stereocenters. The minimum atomic E-state index is -1.32. The maximum atomic E-state index is 13.9. The van der Waals surface area contributed by atoms with E-state index >= 15 is 0 Å². The average molecular weight is 903 g/mol. The number of ether oxygens (including phenoxy) is 3. The van der Waals surface area contributed by atoms with Crippen molar-refractivity contribution in [2.24, 2.45) is 10.7 Å². The zero-order valence-corrected chi connectivity index (χ0v) is 37.1. The van der Waals surface area contributed by atoms with Crippen LogP contribution in [-0.4, -0.2) is 108 Å². The zero-order chi connectivity index (χ0) is 47.9. The summed E-state index contributed by atoms with van der Waals surface area (Å²) in [4.78, 5) is 107. The Morgan fingerprint density at radius 2 is 1.35 bits per heavy atom. The molecule has 20 heteroatoms. The number of nitrogens with one attached hydrogen (secondary N) is 5. The maximum Gasteiger partial charge on any atom is 0.414 e. The van der Waals surface area contributed by atoms with E-state index in [1.54, 1.807) is 100 Å². The third kappa shape index (κ3) is 19.7. The lowest BCUT2D eigenvalue weighted by Gasteiger charge is -2.30. The van der Waals surface area contributed by atoms with Gasteiger partial charge in [0.15, 0.2) is 0 Å². The lowest BCUT2D eigenvalue weighted by Crippen LogP contribution is -2.54. The Morgan fingerprint density at radius 1 is 0.785 bits per heavy atom. The van der Waals surface area contributed by atoms with Gasteiger partial charge in [0.25, 0.3) is 5.91 Å². The van der Waals surface area contributed by atoms with Crippen molar-refractivity contribution in [3.8, 4) is 0 Å². The van der Waals surface area contributed by atoms with Crippen LogP contribution in [0.15, 0.2) is 89.9 Å². The standard InChI is InChI=1S/C45H58N8O12/c1-6-34(50-38(57)32-20-13-19-31(23-32)25-48-39(58)33(46)24-37(56)65-45(2,3)4)41(60)53(5)35(40(59)49-26-36(54)55)21-14-22-47-42(51-43(61)63-27-29-15-9-7-10-16-29)52-44(62)64-28-30-17-11-8-12-18-30/h7-13,15-20,23,33-35H,6,14,21-22,24-28,46H2,1-5H3,(H,48,58)(H,49,59)(H,50,57)(H,54,55)(H2,47,51,52,61,62)/t33-,34+,35-/m0/s1. The normalized spacial score (nSPS) is 12.2. The highest BCUT2D eigenvalue weighted by molar-refractivity contribution is 6.01. The number of carboxylic acid groups (broad SMARTS) is 1. The molecule has 3 rings (SSSR count). The van der Waals surface area contributed by atoms with Crippen molar-refractivity contribution >= 4 is 53.7 Å². The average Bonchev–Trinajstić information content (AvgIpc) is 3.27. The summed E-state index contributed by atoms with van der Waals surface area (Å²) in [7, 11) is 1.34. The van der Waals surface area contributed by atoms with Crippen molar-refractivity contribution in [1.82, 2.24) is 31.5 Å². The molecule has 0 bridgehead atoms. The molecule has 3 aromatic carbocycles. The van der Waals surface area contributed by atoms with E-state index in [0.29, 0.717) is 16.7 Å². The number of amides is 6. The molecule has 0 saturated carbocycles. The number of aliphatic carboxylic acids is 1. The lowest BCUT2D eigenvalue weighted by molar-refractivity contribution is -0.156. The number of hydrogen-bond donors (Lipinski definition) is 7. The number of nitrogens with zero attached hydrogens (tertiary/aromatic N) is 2. The first-order valence-electron chi connectivity index (χ1n) is 20.8. The van der Waals surface area contributed by atoms with Gasteiger partial charge in [0.05, 0.1) is 12.5 Å². The molecule has 3 atom stereocenters. The molecule has 0 radical (unpaired) electrons. The summed E-state index contributed by atoms with van der Waals surface area (Å²) in [6.45, 7) is 5.70. The molecular weight excluding hydrogens is 845 g/mol. The summed E-state index contributed by atoms with van der Waals surface area (Å²) < 4.78 is 15.7. The minimum Gasteiger partial charge on any atom is -0.480 e. The number of esters is 1. The van der Waals surface area contributed by atoms with Crippen LogP contribution in [0.4, 0.5) is 9.59 Å². The molecule has 0 aliphatic rings. The Morgan fingerprint density at radius 3 is 1.89 bits per heavy atom. The smallest absolute Gasteiger partial charge is 0.414 e. The molecule has 0 spiro atoms. The third-order valence-corrected chi connectivity index (χ3v) is 9.11. The van der Waals surface area contributed by atoms with Crippen molar-refractivity contribution in [3.05, 3.63) is 107 Å². The molecule has 350 valence electrons. The maximum absolute atomic E-state index is 13.9. The molecule has 0 saturated heterocycles. The van der Waals surface area contributed by atoms with Crippen LogP contribution < -0.4 is 32.3 Å². The predicted molar refractivity (Wildman–Crippen MR) is 237 cm³/mol. The second-order valence-electron chi connectivity index (χ2n) is 15.6. The first-order valence-corrected chi connectivity index (χ1v) is 20.8. The van der Waals surface area contributed by atoms with Gasteiger partial charge in [0.2, 0.25) is 23.7 Å². The Labute approximate surface area is 377 Å². The summed E-state index contributed by atoms with van der Waals surface area (Å²) in [5, 5.41) is 21.6. The summed E-state index contributed by atoms with van der Waals surface area (Å²) in [5.41, 5.74) is 7.24. The molecule has 0 fully saturated rings. The van der Waals surface area contributed by atoms with Crippen LogP contribution in [0, 0.1) is 0 Å². The van der Waals surface area contributed by atoms with Gasteiger partial charge in [-0.1, -0.05) is 79.7 Å². The quantitative estimate of drug-likeness (QED) is 0.0267. The molecule has 0 heterocycles. The van der Waals surface area contributed by atoms with Crippen LogP contribution >= 0.6 is 0 Å². The molecule has 0 aliphatic heterocycles. The van der Waals surface area contributed by atoms with Gasteiger partial charge in [0, 0.05) is 25.7 Å². The molecule has 20 nitrogen and oxygen atoms in total. The highest BCUT2D eigenvalue weighted by atomic mass is 16.6. The minimum absolute atomic E-state index is 0.0255. The number of benzene rings is 3. The summed E-state index contributed by atoms with van der Waals surface area (Å²) in [6.07, 6.45) is -2.09. The molecule has 0 aliphatic carbocycles. The Balaban J connectivity index is 1.68. The highest BCUT2D eigenvalue weighted by Gasteiger charge is 2.32. The van der Waals surface area contributed by atoms with Gasteiger partial charge in [-0.25, -0.2) is 9.59 Å². The highest BCUT2D eigenvalue weighted by Crippen LogP contribution is 2.13. The number of guanidine groups is 1. The Hall–Kier alpha value is -7.35. The van der Waals surface area contributed by atoms with Crippen molar-refractivity contribution < 1.29 is 57.7 Å². The molecule has 65 heavy (non-hydrogen) atoms. The first kappa shape index (κ1) is 52.0. The van der Waals surface area contributed by atoms with Gasteiger partial charge in [-0.2, -0.15) is 0 Å². The largest absolute Gasteiger partial charge is 0.480 e. The first-order chi connectivity index (χ1) is 30.8. The van der Waals surface area contributed by atoms with Gasteiger partial charge in [-0.15, -0.1) is 0 Å². The summed E-state index contributed by atoms with van der Waals surface area (Å²) in [5.74, 6) is -4.96. The fraction of sp³-hybridized carbons (Fsp3) is 0.400. The van der Waals surface area contributed by atoms with Crippen LogP contribution in [0.3, 0.4) is 0 Å². The molecule has 6 amide bonds. The third-order valence-electron chi connectivity index (χ3n) is 9.11. The van der Waals surface area contributed by atoms with Gasteiger partial charge >= 0.3 is 24.1 Å². The monoisotopic (exact) mass is 902 g/mol. The number of carbonyl (C=O) groups is 8. The van der Waals surface area contributed by atoms with Gasteiger partial charge in [-0.3, -0.25) is 44.4 Å². The van der Waals surface area contributed by atoms with E-state index in [1.165, 1.54) is 19.2 Å². The predicted octanol–water partition coefficient (Wildman–Crippen LogP) is 2.89. The van der Waals surface area contributed by atoms with E-state index in [0.717, 1.165) is 4.90 Å². The van der Waals surface area contributed by atoms with E-state index in [1.807, 2.05) is 0 Å². The van der Waals surface area contributed by atoms with E-state index in [9.17, 15) is 43.5 Å². The van der Waals surface area contributed by atoms with Crippen LogP contribution in [0.5, 0.6) is 0 Å². The van der Waals surface area contributed by atoms with Gasteiger partial charge < -0.3 is 45.9 Å². The number of hydrogen-bond acceptors (Lipinski definition) is 13. The van der Waals surface area contributed by atoms with Gasteiger partial charge in [-0.05, 0) is 68.9 Å². The zero-order valence-electron chi connectivity index (χ0n) is 37.1. The van der Waals surface area contributed by atoms with Crippen molar-refractivity contribution in [1.29, 1.82) is 0 Å². The number of carboxylic acids is 1. The Bertz CT molecular complexity index is 2070. The number of likely N-dealkylation sites (N-methyl/N-ethyl adjacent to an activating group) is 1. The summed E-state index contributed by atoms with van der Waals surface area (Å²) >= 11 is 0. The fourth-order valence-corrected chi connectivity index (χ4v) is 5.86. The van der Waals surface area contributed by atoms with Crippen molar-refractivity contribution in [3.63, 3.8) is 0 Å². The van der Waals surface area contributed by atoms with E-state index in [4.69, 9.17) is 19.9 Å². The molecular formula is C45H58N8O12. The second kappa shape index (κ2) is 26.3. The van der Waals surface area contributed by atoms with Crippen LogP contribution in [0.2, 0.25) is 0 Å². The van der Waals surface area contributed by atoms with Crippen molar-refractivity contribution in [2.45, 2.75) is 96.9 Å². The van der Waals surface area contributed by atoms with Gasteiger partial charge in [0.1, 0.15) is 37.4 Å². The van der Waals surface area contributed by atoms with Crippen molar-refractivity contribution in [2.75, 3.05) is 20.1 Å². The number of rotatable bonds is 21. The number of alkyl carbamates (subject to hydrolysis) is 2. The van der Waals surface area contributed by atoms with E-state index < -0.39 is 78.0 Å². The van der Waals surface area contributed by atoms with Crippen LogP contribution in [0.1, 0.15) is 80.4 Å². The number of carbonyl (C=O) groups excluding carboxylic acids is 7. The lowest BCUT2D eigenvalue weighted by atomic mass is 10.1. The van der Waals surface area contributed by atoms with Crippen LogP contribution in [0.25, 0.3) is 0 Å². The van der Waals surface area contributed by atoms with E-state index in [-0.39, 0.29) is 63.5 Å². The number of nitrogens with two attached hydrogens (primary N) is 1. The van der Waals surface area contributed by atoms with Crippen LogP contribution in [-0.2, 0) is 57.9 Å². The topological polar surface area (TPSA) is 286 Å². The second-order valence-corrected chi connectivity index (χ2v) is 15.6. The molecule has 0 aromatic heterocycles. The SMILES string of the molecule is CC[C@@H](NC(=O)c1cccc(CNC(=O)[C@@H](N)CC(=O)OC(C)(C)C)c1)C(=O)N(C)[C@@H](CCCN=C(NC(=O)OCc1ccccc1)NC(=O)OCc1ccccc1)C(=O)NCC(=O)O. The number of aliphatic imine (C=N–C) groups is 1. The Kier molecular flexibility index (Phi) is 21.1. The van der Waals surface area contributed by atoms with E-state index in [2.05, 4.69) is 31.6 Å². The summed E-state index contributed by atoms with van der Waals surface area (Å²) in [6, 6.07) is 20.4.